The number of nitrogens with one attached hydrogen (secondary N) is 1. The molecule has 116 valence electrons. The molecule has 0 spiro atoms. The maximum atomic E-state index is 12.3. The summed E-state index contributed by atoms with van der Waals surface area (Å²) in [6.07, 6.45) is 3.54. The van der Waals surface area contributed by atoms with Crippen molar-refractivity contribution in [2.45, 2.75) is 52.1 Å². The Morgan fingerprint density at radius 2 is 1.95 bits per heavy atom. The summed E-state index contributed by atoms with van der Waals surface area (Å²) in [5.41, 5.74) is 8.21. The van der Waals surface area contributed by atoms with Crippen LogP contribution in [0.1, 0.15) is 54.1 Å². The number of benzene rings is 1. The minimum Gasteiger partial charge on any atom is -0.398 e. The molecule has 0 radical (unpaired) electrons. The first-order chi connectivity index (χ1) is 9.81. The summed E-state index contributed by atoms with van der Waals surface area (Å²) in [6, 6.07) is 3.63. The van der Waals surface area contributed by atoms with Crippen LogP contribution in [-0.2, 0) is 0 Å². The fourth-order valence-corrected chi connectivity index (χ4v) is 2.93. The van der Waals surface area contributed by atoms with E-state index in [1.54, 1.807) is 6.07 Å². The summed E-state index contributed by atoms with van der Waals surface area (Å²) in [5, 5.41) is 13.4. The number of hydrogen-bond acceptors (Lipinski definition) is 3. The first kappa shape index (κ1) is 15.8. The van der Waals surface area contributed by atoms with E-state index < -0.39 is 5.60 Å². The summed E-state index contributed by atoms with van der Waals surface area (Å²) in [5.74, 6) is 0.506. The van der Waals surface area contributed by atoms with E-state index in [0.717, 1.165) is 36.8 Å². The Hall–Kier alpha value is -1.55. The molecule has 0 unspecified atom stereocenters. The fraction of sp³-hybridized carbons (Fsp3) is 0.588. The highest BCUT2D eigenvalue weighted by Crippen LogP contribution is 2.31. The van der Waals surface area contributed by atoms with Gasteiger partial charge in [0.1, 0.15) is 0 Å². The SMILES string of the molecule is Cc1cc(C)c(C(=O)NCC2(O)CCC(C)CC2)cc1N. The Kier molecular flexibility index (Phi) is 4.57. The number of carbonyl (C=O) groups excluding carboxylic acids is 1. The highest BCUT2D eigenvalue weighted by molar-refractivity contribution is 5.96. The van der Waals surface area contributed by atoms with Crippen LogP contribution in [0.3, 0.4) is 0 Å². The second-order valence-electron chi connectivity index (χ2n) is 6.61. The molecule has 1 aliphatic rings. The van der Waals surface area contributed by atoms with Crippen molar-refractivity contribution < 1.29 is 9.90 Å². The third kappa shape index (κ3) is 3.76. The van der Waals surface area contributed by atoms with Gasteiger partial charge in [-0.15, -0.1) is 0 Å². The van der Waals surface area contributed by atoms with Gasteiger partial charge in [0, 0.05) is 17.8 Å². The van der Waals surface area contributed by atoms with Crippen LogP contribution in [0.4, 0.5) is 5.69 Å². The number of rotatable bonds is 3. The number of aliphatic hydroxyl groups is 1. The topological polar surface area (TPSA) is 75.3 Å². The van der Waals surface area contributed by atoms with Crippen molar-refractivity contribution in [1.82, 2.24) is 5.32 Å². The number of hydrogen-bond donors (Lipinski definition) is 3. The third-order valence-electron chi connectivity index (χ3n) is 4.64. The summed E-state index contributed by atoms with van der Waals surface area (Å²) >= 11 is 0. The lowest BCUT2D eigenvalue weighted by Gasteiger charge is -2.35. The second-order valence-corrected chi connectivity index (χ2v) is 6.61. The molecule has 1 saturated carbocycles. The molecule has 4 nitrogen and oxygen atoms in total. The monoisotopic (exact) mass is 290 g/mol. The number of nitrogen functional groups attached to an aromatic ring is 1. The van der Waals surface area contributed by atoms with Gasteiger partial charge in [-0.3, -0.25) is 4.79 Å². The lowest BCUT2D eigenvalue weighted by molar-refractivity contribution is -0.00540. The summed E-state index contributed by atoms with van der Waals surface area (Å²) in [7, 11) is 0. The van der Waals surface area contributed by atoms with E-state index in [4.69, 9.17) is 5.73 Å². The quantitative estimate of drug-likeness (QED) is 0.749. The van der Waals surface area contributed by atoms with Crippen molar-refractivity contribution in [3.05, 3.63) is 28.8 Å². The summed E-state index contributed by atoms with van der Waals surface area (Å²) in [6.45, 7) is 6.34. The maximum Gasteiger partial charge on any atom is 0.251 e. The summed E-state index contributed by atoms with van der Waals surface area (Å²) in [4.78, 5) is 12.3. The molecule has 1 aromatic carbocycles. The molecule has 1 aromatic rings. The van der Waals surface area contributed by atoms with Gasteiger partial charge >= 0.3 is 0 Å². The van der Waals surface area contributed by atoms with E-state index in [-0.39, 0.29) is 5.91 Å². The van der Waals surface area contributed by atoms with Crippen molar-refractivity contribution in [1.29, 1.82) is 0 Å². The number of anilines is 1. The molecule has 0 bridgehead atoms. The third-order valence-corrected chi connectivity index (χ3v) is 4.64. The number of amides is 1. The van der Waals surface area contributed by atoms with Crippen LogP contribution in [0.5, 0.6) is 0 Å². The largest absolute Gasteiger partial charge is 0.398 e. The van der Waals surface area contributed by atoms with Crippen LogP contribution in [-0.4, -0.2) is 23.2 Å². The smallest absolute Gasteiger partial charge is 0.251 e. The molecule has 4 N–H and O–H groups in total. The average Bonchev–Trinajstić information content (AvgIpc) is 2.44. The summed E-state index contributed by atoms with van der Waals surface area (Å²) < 4.78 is 0. The highest BCUT2D eigenvalue weighted by atomic mass is 16.3. The highest BCUT2D eigenvalue weighted by Gasteiger charge is 2.32. The number of carbonyl (C=O) groups is 1. The van der Waals surface area contributed by atoms with Crippen LogP contribution in [0.25, 0.3) is 0 Å². The van der Waals surface area contributed by atoms with Gasteiger partial charge in [-0.2, -0.15) is 0 Å². The van der Waals surface area contributed by atoms with E-state index in [9.17, 15) is 9.90 Å². The van der Waals surface area contributed by atoms with Crippen LogP contribution < -0.4 is 11.1 Å². The molecule has 4 heteroatoms. The molecule has 1 amide bonds. The molecule has 0 aliphatic heterocycles. The average molecular weight is 290 g/mol. The molecule has 0 saturated heterocycles. The van der Waals surface area contributed by atoms with Crippen molar-refractivity contribution >= 4 is 11.6 Å². The van der Waals surface area contributed by atoms with E-state index in [0.29, 0.717) is 23.7 Å². The van der Waals surface area contributed by atoms with Crippen molar-refractivity contribution in [3.8, 4) is 0 Å². The lowest BCUT2D eigenvalue weighted by Crippen LogP contribution is -2.45. The Morgan fingerprint density at radius 3 is 2.57 bits per heavy atom. The molecule has 1 fully saturated rings. The normalized spacial score (nSPS) is 25.6. The van der Waals surface area contributed by atoms with Crippen LogP contribution >= 0.6 is 0 Å². The van der Waals surface area contributed by atoms with Gasteiger partial charge in [-0.1, -0.05) is 13.0 Å². The Bertz CT molecular complexity index is 532. The standard InChI is InChI=1S/C17H26N2O2/c1-11-4-6-17(21,7-5-11)10-19-16(20)14-9-15(18)13(3)8-12(14)2/h8-9,11,21H,4-7,10,18H2,1-3H3,(H,19,20). The van der Waals surface area contributed by atoms with Gasteiger partial charge in [0.15, 0.2) is 0 Å². The van der Waals surface area contributed by atoms with Gasteiger partial charge < -0.3 is 16.2 Å². The zero-order valence-electron chi connectivity index (χ0n) is 13.2. The molecular formula is C17H26N2O2. The predicted molar refractivity (Wildman–Crippen MR) is 85.2 cm³/mol. The minimum absolute atomic E-state index is 0.161. The van der Waals surface area contributed by atoms with E-state index in [2.05, 4.69) is 12.2 Å². The van der Waals surface area contributed by atoms with Crippen molar-refractivity contribution in [2.24, 2.45) is 5.92 Å². The molecule has 0 atom stereocenters. The van der Waals surface area contributed by atoms with Gasteiger partial charge in [0.05, 0.1) is 5.60 Å². The zero-order chi connectivity index (χ0) is 15.6. The molecular weight excluding hydrogens is 264 g/mol. The molecule has 1 aliphatic carbocycles. The lowest BCUT2D eigenvalue weighted by atomic mass is 9.79. The molecule has 0 heterocycles. The van der Waals surface area contributed by atoms with Gasteiger partial charge in [0.25, 0.3) is 5.91 Å². The molecule has 21 heavy (non-hydrogen) atoms. The van der Waals surface area contributed by atoms with E-state index >= 15 is 0 Å². The zero-order valence-corrected chi connectivity index (χ0v) is 13.2. The Labute approximate surface area is 126 Å². The molecule has 2 rings (SSSR count). The number of nitrogens with two attached hydrogens (primary N) is 1. The number of aryl methyl sites for hydroxylation is 2. The first-order valence-electron chi connectivity index (χ1n) is 7.68. The minimum atomic E-state index is -0.758. The Morgan fingerprint density at radius 1 is 1.33 bits per heavy atom. The van der Waals surface area contributed by atoms with Crippen molar-refractivity contribution in [3.63, 3.8) is 0 Å². The fourth-order valence-electron chi connectivity index (χ4n) is 2.93. The maximum absolute atomic E-state index is 12.3. The van der Waals surface area contributed by atoms with E-state index in [1.807, 2.05) is 19.9 Å². The Balaban J connectivity index is 2.00. The molecule has 0 aromatic heterocycles. The van der Waals surface area contributed by atoms with Crippen LogP contribution in [0, 0.1) is 19.8 Å². The second kappa shape index (κ2) is 6.06. The van der Waals surface area contributed by atoms with Gasteiger partial charge in [-0.25, -0.2) is 0 Å². The predicted octanol–water partition coefficient (Wildman–Crippen LogP) is 2.56. The van der Waals surface area contributed by atoms with Crippen molar-refractivity contribution in [2.75, 3.05) is 12.3 Å². The van der Waals surface area contributed by atoms with Crippen LogP contribution in [0.2, 0.25) is 0 Å². The van der Waals surface area contributed by atoms with Crippen LogP contribution in [0.15, 0.2) is 12.1 Å². The van der Waals surface area contributed by atoms with Gasteiger partial charge in [0.2, 0.25) is 0 Å². The van der Waals surface area contributed by atoms with E-state index in [1.165, 1.54) is 0 Å². The first-order valence-corrected chi connectivity index (χ1v) is 7.68. The van der Waals surface area contributed by atoms with Gasteiger partial charge in [-0.05, 0) is 62.6 Å².